The highest BCUT2D eigenvalue weighted by Crippen LogP contribution is 2.15. The van der Waals surface area contributed by atoms with Crippen LogP contribution in [-0.4, -0.2) is 37.7 Å². The van der Waals surface area contributed by atoms with E-state index in [0.29, 0.717) is 5.56 Å². The molecule has 0 spiro atoms. The summed E-state index contributed by atoms with van der Waals surface area (Å²) in [7, 11) is 4.03. The second kappa shape index (κ2) is 8.75. The van der Waals surface area contributed by atoms with Crippen LogP contribution in [0.1, 0.15) is 27.5 Å². The Kier molecular flexibility index (Phi) is 6.68. The molecular formula is C19H24N2OS. The van der Waals surface area contributed by atoms with Gasteiger partial charge in [-0.05, 0) is 43.6 Å². The minimum absolute atomic E-state index is 0.0235. The molecule has 2 rings (SSSR count). The van der Waals surface area contributed by atoms with Gasteiger partial charge in [0.15, 0.2) is 0 Å². The number of likely N-dealkylation sites (N-methyl/N-ethyl adjacent to an activating group) is 1. The predicted molar refractivity (Wildman–Crippen MR) is 98.9 cm³/mol. The molecule has 0 fully saturated rings. The Labute approximate surface area is 143 Å². The van der Waals surface area contributed by atoms with Gasteiger partial charge in [-0.1, -0.05) is 42.5 Å². The molecule has 0 aliphatic heterocycles. The fraction of sp³-hybridized carbons (Fsp3) is 0.316. The van der Waals surface area contributed by atoms with Crippen LogP contribution >= 0.6 is 11.8 Å². The van der Waals surface area contributed by atoms with Crippen LogP contribution in [-0.2, 0) is 5.75 Å². The van der Waals surface area contributed by atoms with Crippen molar-refractivity contribution in [2.75, 3.05) is 26.9 Å². The first-order valence-electron chi connectivity index (χ1n) is 7.68. The summed E-state index contributed by atoms with van der Waals surface area (Å²) in [4.78, 5) is 14.6. The van der Waals surface area contributed by atoms with Crippen molar-refractivity contribution in [1.29, 1.82) is 0 Å². The number of carbonyl (C=O) groups is 1. The second-order valence-electron chi connectivity index (χ2n) is 5.83. The minimum atomic E-state index is -0.0311. The summed E-state index contributed by atoms with van der Waals surface area (Å²) >= 11 is 1.78. The smallest absolute Gasteiger partial charge is 0.251 e. The van der Waals surface area contributed by atoms with Gasteiger partial charge in [-0.3, -0.25) is 4.79 Å². The number of nitrogens with zero attached hydrogens (tertiary/aromatic N) is 1. The monoisotopic (exact) mass is 328 g/mol. The number of nitrogens with one attached hydrogen (secondary N) is 1. The summed E-state index contributed by atoms with van der Waals surface area (Å²) in [6.07, 6.45) is 2.08. The molecular weight excluding hydrogens is 304 g/mol. The van der Waals surface area contributed by atoms with E-state index in [0.717, 1.165) is 17.9 Å². The molecule has 2 aromatic rings. The zero-order valence-electron chi connectivity index (χ0n) is 14.0. The highest BCUT2D eigenvalue weighted by atomic mass is 32.2. The summed E-state index contributed by atoms with van der Waals surface area (Å²) in [5.74, 6) is 0.936. The molecule has 3 nitrogen and oxygen atoms in total. The van der Waals surface area contributed by atoms with Gasteiger partial charge < -0.3 is 10.2 Å². The van der Waals surface area contributed by atoms with Gasteiger partial charge in [-0.15, -0.1) is 0 Å². The molecule has 0 radical (unpaired) electrons. The van der Waals surface area contributed by atoms with Gasteiger partial charge in [0.2, 0.25) is 0 Å². The van der Waals surface area contributed by atoms with Crippen molar-refractivity contribution in [3.05, 3.63) is 71.3 Å². The van der Waals surface area contributed by atoms with Gasteiger partial charge in [0.1, 0.15) is 0 Å². The summed E-state index contributed by atoms with van der Waals surface area (Å²) in [6, 6.07) is 17.9. The van der Waals surface area contributed by atoms with Crippen LogP contribution in [0, 0.1) is 0 Å². The Hall–Kier alpha value is -1.78. The molecule has 23 heavy (non-hydrogen) atoms. The lowest BCUT2D eigenvalue weighted by Gasteiger charge is -2.23. The highest BCUT2D eigenvalue weighted by molar-refractivity contribution is 7.97. The maximum Gasteiger partial charge on any atom is 0.251 e. The molecule has 0 bridgehead atoms. The van der Waals surface area contributed by atoms with Crippen molar-refractivity contribution in [2.45, 2.75) is 11.8 Å². The van der Waals surface area contributed by atoms with Gasteiger partial charge in [-0.25, -0.2) is 0 Å². The molecule has 4 heteroatoms. The van der Waals surface area contributed by atoms with Crippen molar-refractivity contribution in [2.24, 2.45) is 0 Å². The Balaban J connectivity index is 2.10. The van der Waals surface area contributed by atoms with Crippen molar-refractivity contribution < 1.29 is 4.79 Å². The van der Waals surface area contributed by atoms with E-state index in [-0.39, 0.29) is 11.9 Å². The van der Waals surface area contributed by atoms with Crippen LogP contribution in [0.15, 0.2) is 54.6 Å². The van der Waals surface area contributed by atoms with Crippen molar-refractivity contribution in [3.63, 3.8) is 0 Å². The number of hydrogen-bond donors (Lipinski definition) is 1. The lowest BCUT2D eigenvalue weighted by molar-refractivity contribution is 0.0930. The fourth-order valence-electron chi connectivity index (χ4n) is 2.45. The average Bonchev–Trinajstić information content (AvgIpc) is 2.55. The summed E-state index contributed by atoms with van der Waals surface area (Å²) in [5.41, 5.74) is 3.06. The zero-order chi connectivity index (χ0) is 16.7. The first-order valence-corrected chi connectivity index (χ1v) is 9.08. The molecule has 0 aromatic heterocycles. The quantitative estimate of drug-likeness (QED) is 0.843. The van der Waals surface area contributed by atoms with E-state index in [4.69, 9.17) is 0 Å². The Morgan fingerprint density at radius 3 is 2.30 bits per heavy atom. The summed E-state index contributed by atoms with van der Waals surface area (Å²) in [5, 5.41) is 3.15. The van der Waals surface area contributed by atoms with E-state index in [1.807, 2.05) is 56.6 Å². The predicted octanol–water partition coefficient (Wildman–Crippen LogP) is 3.58. The molecule has 0 saturated carbocycles. The largest absolute Gasteiger partial charge is 0.344 e. The molecule has 0 aliphatic carbocycles. The molecule has 2 aromatic carbocycles. The second-order valence-corrected chi connectivity index (χ2v) is 6.69. The topological polar surface area (TPSA) is 32.3 Å². The lowest BCUT2D eigenvalue weighted by atomic mass is 10.1. The van der Waals surface area contributed by atoms with Crippen LogP contribution in [0.3, 0.4) is 0 Å². The van der Waals surface area contributed by atoms with Gasteiger partial charge in [0, 0.05) is 17.9 Å². The molecule has 1 amide bonds. The van der Waals surface area contributed by atoms with E-state index in [1.54, 1.807) is 11.8 Å². The molecule has 0 aliphatic rings. The molecule has 1 atom stereocenters. The highest BCUT2D eigenvalue weighted by Gasteiger charge is 2.16. The van der Waals surface area contributed by atoms with Crippen LogP contribution in [0.5, 0.6) is 0 Å². The maximum absolute atomic E-state index is 12.5. The number of hydrogen-bond acceptors (Lipinski definition) is 3. The third-order valence-electron chi connectivity index (χ3n) is 3.58. The van der Waals surface area contributed by atoms with E-state index in [2.05, 4.69) is 28.6 Å². The molecule has 122 valence electrons. The third-order valence-corrected chi connectivity index (χ3v) is 4.20. The fourth-order valence-corrected chi connectivity index (χ4v) is 2.97. The maximum atomic E-state index is 12.5. The molecule has 1 N–H and O–H groups in total. The molecule has 1 unspecified atom stereocenters. The van der Waals surface area contributed by atoms with Gasteiger partial charge >= 0.3 is 0 Å². The summed E-state index contributed by atoms with van der Waals surface area (Å²) in [6.45, 7) is 0.764. The standard InChI is InChI=1S/C19H24N2OS/c1-21(2)13-18(16-7-5-4-6-8-16)20-19(22)17-11-9-15(10-12-17)14-23-3/h4-12,18H,13-14H2,1-3H3,(H,20,22). The van der Waals surface area contributed by atoms with Gasteiger partial charge in [0.25, 0.3) is 5.91 Å². The number of benzene rings is 2. The van der Waals surface area contributed by atoms with E-state index >= 15 is 0 Å². The molecule has 0 heterocycles. The average molecular weight is 328 g/mol. The van der Waals surface area contributed by atoms with E-state index < -0.39 is 0 Å². The van der Waals surface area contributed by atoms with E-state index in [9.17, 15) is 4.79 Å². The first-order chi connectivity index (χ1) is 11.1. The Morgan fingerprint density at radius 2 is 1.74 bits per heavy atom. The number of rotatable bonds is 7. The third kappa shape index (κ3) is 5.41. The summed E-state index contributed by atoms with van der Waals surface area (Å²) < 4.78 is 0. The van der Waals surface area contributed by atoms with E-state index in [1.165, 1.54) is 5.56 Å². The van der Waals surface area contributed by atoms with Gasteiger partial charge in [-0.2, -0.15) is 11.8 Å². The SMILES string of the molecule is CSCc1ccc(C(=O)NC(CN(C)C)c2ccccc2)cc1. The minimum Gasteiger partial charge on any atom is -0.344 e. The number of carbonyl (C=O) groups excluding carboxylic acids is 1. The van der Waals surface area contributed by atoms with Crippen molar-refractivity contribution in [1.82, 2.24) is 10.2 Å². The van der Waals surface area contributed by atoms with Crippen molar-refractivity contribution >= 4 is 17.7 Å². The van der Waals surface area contributed by atoms with Crippen LogP contribution in [0.25, 0.3) is 0 Å². The number of thioether (sulfide) groups is 1. The lowest BCUT2D eigenvalue weighted by Crippen LogP contribution is -2.35. The normalized spacial score (nSPS) is 12.2. The van der Waals surface area contributed by atoms with Crippen LogP contribution in [0.4, 0.5) is 0 Å². The van der Waals surface area contributed by atoms with Gasteiger partial charge in [0.05, 0.1) is 6.04 Å². The first kappa shape index (κ1) is 17.6. The molecule has 0 saturated heterocycles. The van der Waals surface area contributed by atoms with Crippen LogP contribution in [0.2, 0.25) is 0 Å². The van der Waals surface area contributed by atoms with Crippen LogP contribution < -0.4 is 5.32 Å². The number of amides is 1. The van der Waals surface area contributed by atoms with Crippen molar-refractivity contribution in [3.8, 4) is 0 Å². The zero-order valence-corrected chi connectivity index (χ0v) is 14.8. The Bertz CT molecular complexity index is 611. The Morgan fingerprint density at radius 1 is 1.09 bits per heavy atom.